The predicted molar refractivity (Wildman–Crippen MR) is 71.4 cm³/mol. The SMILES string of the molecule is COc1c(F)ccc(C(=O)N2CCN(C)CC2)c1Cl. The van der Waals surface area contributed by atoms with E-state index >= 15 is 0 Å². The Morgan fingerprint density at radius 1 is 1.32 bits per heavy atom. The Morgan fingerprint density at radius 3 is 2.53 bits per heavy atom. The Balaban J connectivity index is 2.24. The number of benzene rings is 1. The topological polar surface area (TPSA) is 32.8 Å². The number of halogens is 2. The first-order valence-corrected chi connectivity index (χ1v) is 6.42. The Kier molecular flexibility index (Phi) is 4.27. The lowest BCUT2D eigenvalue weighted by Crippen LogP contribution is -2.47. The molecule has 0 saturated carbocycles. The summed E-state index contributed by atoms with van der Waals surface area (Å²) < 4.78 is 18.3. The molecule has 6 heteroatoms. The molecular weight excluding hydrogens is 271 g/mol. The smallest absolute Gasteiger partial charge is 0.255 e. The first-order chi connectivity index (χ1) is 9.04. The number of carbonyl (C=O) groups excluding carboxylic acids is 1. The summed E-state index contributed by atoms with van der Waals surface area (Å²) in [5, 5.41) is 0.0337. The van der Waals surface area contributed by atoms with Crippen LogP contribution in [0.15, 0.2) is 12.1 Å². The maximum atomic E-state index is 13.4. The number of ether oxygens (including phenoxy) is 1. The number of amides is 1. The molecule has 0 unspecified atom stereocenters. The summed E-state index contributed by atoms with van der Waals surface area (Å²) in [7, 11) is 3.34. The third-order valence-corrected chi connectivity index (χ3v) is 3.65. The standard InChI is InChI=1S/C13H16ClFN2O2/c1-16-5-7-17(8-6-16)13(18)9-3-4-10(15)12(19-2)11(9)14/h3-4H,5-8H2,1-2H3. The van der Waals surface area contributed by atoms with E-state index in [1.54, 1.807) is 4.90 Å². The highest BCUT2D eigenvalue weighted by atomic mass is 35.5. The van der Waals surface area contributed by atoms with Crippen LogP contribution in [-0.2, 0) is 0 Å². The van der Waals surface area contributed by atoms with Crippen molar-refractivity contribution in [1.82, 2.24) is 9.80 Å². The fourth-order valence-electron chi connectivity index (χ4n) is 2.06. The molecule has 1 amide bonds. The first kappa shape index (κ1) is 14.1. The summed E-state index contributed by atoms with van der Waals surface area (Å²) in [6.07, 6.45) is 0. The van der Waals surface area contributed by atoms with Gasteiger partial charge in [-0.15, -0.1) is 0 Å². The highest BCUT2D eigenvalue weighted by Crippen LogP contribution is 2.31. The molecule has 1 aliphatic heterocycles. The summed E-state index contributed by atoms with van der Waals surface area (Å²) in [4.78, 5) is 16.2. The van der Waals surface area contributed by atoms with Crippen LogP contribution < -0.4 is 4.74 Å². The molecule has 0 aliphatic carbocycles. The Hall–Kier alpha value is -1.33. The molecule has 1 fully saturated rings. The third-order valence-electron chi connectivity index (χ3n) is 3.27. The molecule has 1 heterocycles. The van der Waals surface area contributed by atoms with Crippen LogP contribution in [0.25, 0.3) is 0 Å². The number of likely N-dealkylation sites (N-methyl/N-ethyl adjacent to an activating group) is 1. The van der Waals surface area contributed by atoms with Gasteiger partial charge in [0.25, 0.3) is 5.91 Å². The zero-order chi connectivity index (χ0) is 14.0. The quantitative estimate of drug-likeness (QED) is 0.832. The summed E-state index contributed by atoms with van der Waals surface area (Å²) in [5.74, 6) is -0.833. The third kappa shape index (κ3) is 2.82. The fourth-order valence-corrected chi connectivity index (χ4v) is 2.38. The van der Waals surface area contributed by atoms with Crippen molar-refractivity contribution in [1.29, 1.82) is 0 Å². The van der Waals surface area contributed by atoms with Gasteiger partial charge in [0.2, 0.25) is 0 Å². The number of piperazine rings is 1. The summed E-state index contributed by atoms with van der Waals surface area (Å²) in [5.41, 5.74) is 0.282. The largest absolute Gasteiger partial charge is 0.492 e. The summed E-state index contributed by atoms with van der Waals surface area (Å²) in [6, 6.07) is 2.61. The van der Waals surface area contributed by atoms with Gasteiger partial charge in [0, 0.05) is 26.2 Å². The van der Waals surface area contributed by atoms with Crippen molar-refractivity contribution in [3.63, 3.8) is 0 Å². The second kappa shape index (κ2) is 5.75. The first-order valence-electron chi connectivity index (χ1n) is 6.04. The van der Waals surface area contributed by atoms with Gasteiger partial charge in [-0.25, -0.2) is 4.39 Å². The van der Waals surface area contributed by atoms with Crippen LogP contribution in [0.5, 0.6) is 5.75 Å². The van der Waals surface area contributed by atoms with Gasteiger partial charge in [-0.05, 0) is 19.2 Å². The lowest BCUT2D eigenvalue weighted by Gasteiger charge is -2.32. The number of hydrogen-bond donors (Lipinski definition) is 0. The van der Waals surface area contributed by atoms with Crippen molar-refractivity contribution < 1.29 is 13.9 Å². The molecule has 1 aromatic rings. The van der Waals surface area contributed by atoms with Gasteiger partial charge in [0.05, 0.1) is 17.7 Å². The molecule has 0 spiro atoms. The normalized spacial score (nSPS) is 16.5. The molecule has 19 heavy (non-hydrogen) atoms. The highest BCUT2D eigenvalue weighted by molar-refractivity contribution is 6.35. The van der Waals surface area contributed by atoms with E-state index in [4.69, 9.17) is 16.3 Å². The molecular formula is C13H16ClFN2O2. The van der Waals surface area contributed by atoms with E-state index in [1.165, 1.54) is 19.2 Å². The highest BCUT2D eigenvalue weighted by Gasteiger charge is 2.24. The van der Waals surface area contributed by atoms with E-state index < -0.39 is 5.82 Å². The minimum atomic E-state index is -0.567. The minimum absolute atomic E-state index is 0.0337. The molecule has 104 valence electrons. The maximum Gasteiger partial charge on any atom is 0.255 e. The Morgan fingerprint density at radius 2 is 1.95 bits per heavy atom. The van der Waals surface area contributed by atoms with E-state index in [0.717, 1.165) is 13.1 Å². The molecule has 1 aromatic carbocycles. The Bertz CT molecular complexity index is 488. The predicted octanol–water partition coefficient (Wildman–Crippen LogP) is 1.88. The molecule has 0 aromatic heterocycles. The van der Waals surface area contributed by atoms with Gasteiger partial charge in [0.15, 0.2) is 11.6 Å². The van der Waals surface area contributed by atoms with Crippen LogP contribution in [0.2, 0.25) is 5.02 Å². The molecule has 4 nitrogen and oxygen atoms in total. The van der Waals surface area contributed by atoms with Crippen LogP contribution in [0.1, 0.15) is 10.4 Å². The lowest BCUT2D eigenvalue weighted by atomic mass is 10.1. The number of rotatable bonds is 2. The molecule has 0 N–H and O–H groups in total. The Labute approximate surface area is 116 Å². The van der Waals surface area contributed by atoms with Gasteiger partial charge in [-0.1, -0.05) is 11.6 Å². The van der Waals surface area contributed by atoms with Crippen LogP contribution in [-0.4, -0.2) is 56.0 Å². The lowest BCUT2D eigenvalue weighted by molar-refractivity contribution is 0.0664. The fraction of sp³-hybridized carbons (Fsp3) is 0.462. The average Bonchev–Trinajstić information content (AvgIpc) is 2.39. The van der Waals surface area contributed by atoms with E-state index in [9.17, 15) is 9.18 Å². The zero-order valence-corrected chi connectivity index (χ0v) is 11.7. The van der Waals surface area contributed by atoms with E-state index in [-0.39, 0.29) is 22.2 Å². The van der Waals surface area contributed by atoms with Crippen molar-refractivity contribution in [3.8, 4) is 5.75 Å². The van der Waals surface area contributed by atoms with Gasteiger partial charge in [0.1, 0.15) is 0 Å². The molecule has 1 saturated heterocycles. The number of hydrogen-bond acceptors (Lipinski definition) is 3. The zero-order valence-electron chi connectivity index (χ0n) is 10.9. The van der Waals surface area contributed by atoms with Crippen molar-refractivity contribution in [3.05, 3.63) is 28.5 Å². The van der Waals surface area contributed by atoms with Gasteiger partial charge < -0.3 is 14.5 Å². The van der Waals surface area contributed by atoms with E-state index in [1.807, 2.05) is 7.05 Å². The average molecular weight is 287 g/mol. The number of nitrogens with zero attached hydrogens (tertiary/aromatic N) is 2. The molecule has 0 radical (unpaired) electrons. The summed E-state index contributed by atoms with van der Waals surface area (Å²) >= 11 is 6.03. The van der Waals surface area contributed by atoms with E-state index in [2.05, 4.69) is 4.90 Å². The molecule has 0 atom stereocenters. The van der Waals surface area contributed by atoms with Crippen molar-refractivity contribution >= 4 is 17.5 Å². The van der Waals surface area contributed by atoms with Crippen LogP contribution in [0.3, 0.4) is 0 Å². The van der Waals surface area contributed by atoms with E-state index in [0.29, 0.717) is 13.1 Å². The maximum absolute atomic E-state index is 13.4. The van der Waals surface area contributed by atoms with Gasteiger partial charge in [-0.3, -0.25) is 4.79 Å². The van der Waals surface area contributed by atoms with Crippen molar-refractivity contribution in [2.24, 2.45) is 0 Å². The molecule has 2 rings (SSSR count). The monoisotopic (exact) mass is 286 g/mol. The van der Waals surface area contributed by atoms with Gasteiger partial charge in [-0.2, -0.15) is 0 Å². The van der Waals surface area contributed by atoms with Crippen LogP contribution in [0.4, 0.5) is 4.39 Å². The van der Waals surface area contributed by atoms with Crippen molar-refractivity contribution in [2.45, 2.75) is 0 Å². The van der Waals surface area contributed by atoms with Crippen LogP contribution in [0, 0.1) is 5.82 Å². The molecule has 0 bridgehead atoms. The van der Waals surface area contributed by atoms with Crippen molar-refractivity contribution in [2.75, 3.05) is 40.3 Å². The second-order valence-corrected chi connectivity index (χ2v) is 4.92. The molecule has 1 aliphatic rings. The summed E-state index contributed by atoms with van der Waals surface area (Å²) in [6.45, 7) is 2.93. The number of methoxy groups -OCH3 is 1. The van der Waals surface area contributed by atoms with Gasteiger partial charge >= 0.3 is 0 Å². The second-order valence-electron chi connectivity index (χ2n) is 4.54. The minimum Gasteiger partial charge on any atom is -0.492 e. The number of carbonyl (C=O) groups is 1. The van der Waals surface area contributed by atoms with Crippen LogP contribution >= 0.6 is 11.6 Å².